The molecule has 1 aromatic heterocycles. The average Bonchev–Trinajstić information content (AvgIpc) is 2.76. The van der Waals surface area contributed by atoms with Crippen molar-refractivity contribution in [1.82, 2.24) is 15.3 Å². The van der Waals surface area contributed by atoms with Crippen molar-refractivity contribution in [3.05, 3.63) is 73.1 Å². The van der Waals surface area contributed by atoms with E-state index in [-0.39, 0.29) is 11.8 Å². The maximum absolute atomic E-state index is 12.9. The van der Waals surface area contributed by atoms with Gasteiger partial charge in [-0.1, -0.05) is 24.3 Å². The maximum atomic E-state index is 12.9. The van der Waals surface area contributed by atoms with E-state index in [0.29, 0.717) is 29.0 Å². The number of nitrogens with two attached hydrogens (primary N) is 1. The van der Waals surface area contributed by atoms with Crippen LogP contribution in [0.15, 0.2) is 67.5 Å². The van der Waals surface area contributed by atoms with E-state index in [9.17, 15) is 13.2 Å². The molecule has 4 N–H and O–H groups in total. The Morgan fingerprint density at radius 3 is 2.52 bits per heavy atom. The van der Waals surface area contributed by atoms with Gasteiger partial charge in [0, 0.05) is 18.6 Å². The second-order valence-corrected chi connectivity index (χ2v) is 7.84. The van der Waals surface area contributed by atoms with Crippen molar-refractivity contribution in [3.63, 3.8) is 0 Å². The normalized spacial score (nSPS) is 17.8. The number of hydrogen-bond donors (Lipinski definition) is 3. The van der Waals surface area contributed by atoms with Crippen LogP contribution in [-0.2, 0) is 6.18 Å². The van der Waals surface area contributed by atoms with Gasteiger partial charge in [0.15, 0.2) is 0 Å². The average molecular weight is 455 g/mol. The molecule has 2 aromatic carbocycles. The third-order valence-corrected chi connectivity index (χ3v) is 5.45. The van der Waals surface area contributed by atoms with Crippen molar-refractivity contribution in [2.75, 3.05) is 17.6 Å². The lowest BCUT2D eigenvalue weighted by atomic mass is 9.86. The second kappa shape index (κ2) is 9.50. The van der Waals surface area contributed by atoms with E-state index >= 15 is 0 Å². The van der Waals surface area contributed by atoms with Crippen LogP contribution in [0.25, 0.3) is 11.1 Å². The molecule has 9 heteroatoms. The molecule has 3 aromatic rings. The lowest BCUT2D eigenvalue weighted by Gasteiger charge is -2.37. The molecule has 0 unspecified atom stereocenters. The zero-order chi connectivity index (χ0) is 23.4. The zero-order valence-electron chi connectivity index (χ0n) is 17.8. The summed E-state index contributed by atoms with van der Waals surface area (Å²) in [6, 6.07) is 12.4. The highest BCUT2D eigenvalue weighted by atomic mass is 19.4. The Morgan fingerprint density at radius 1 is 1.06 bits per heavy atom. The van der Waals surface area contributed by atoms with Crippen molar-refractivity contribution in [2.24, 2.45) is 0 Å². The van der Waals surface area contributed by atoms with Gasteiger partial charge in [-0.15, -0.1) is 6.58 Å². The molecule has 1 saturated carbocycles. The highest BCUT2D eigenvalue weighted by molar-refractivity contribution is 5.83. The van der Waals surface area contributed by atoms with Crippen LogP contribution in [0.2, 0.25) is 0 Å². The van der Waals surface area contributed by atoms with Crippen LogP contribution in [0, 0.1) is 0 Å². The summed E-state index contributed by atoms with van der Waals surface area (Å²) < 4.78 is 44.4. The highest BCUT2D eigenvalue weighted by Gasteiger charge is 2.31. The van der Waals surface area contributed by atoms with Gasteiger partial charge in [-0.25, -0.2) is 9.97 Å². The fourth-order valence-electron chi connectivity index (χ4n) is 3.70. The number of benzene rings is 2. The third-order valence-electron chi connectivity index (χ3n) is 5.45. The fraction of sp³-hybridized carbons (Fsp3) is 0.250. The number of aromatic nitrogens is 2. The number of nitrogen functional groups attached to an aromatic ring is 1. The van der Waals surface area contributed by atoms with Gasteiger partial charge in [0.05, 0.1) is 11.1 Å². The fourth-order valence-corrected chi connectivity index (χ4v) is 3.70. The van der Waals surface area contributed by atoms with Crippen LogP contribution in [0.4, 0.5) is 24.8 Å². The third kappa shape index (κ3) is 5.43. The molecule has 0 bridgehead atoms. The van der Waals surface area contributed by atoms with Gasteiger partial charge < -0.3 is 21.1 Å². The maximum Gasteiger partial charge on any atom is 0.416 e. The van der Waals surface area contributed by atoms with E-state index in [1.165, 1.54) is 18.5 Å². The summed E-state index contributed by atoms with van der Waals surface area (Å²) in [5.41, 5.74) is 6.83. The number of rotatable bonds is 8. The predicted octanol–water partition coefficient (Wildman–Crippen LogP) is 5.26. The van der Waals surface area contributed by atoms with Gasteiger partial charge in [-0.05, 0) is 48.7 Å². The minimum absolute atomic E-state index is 0.104. The van der Waals surface area contributed by atoms with E-state index in [1.807, 2.05) is 6.08 Å². The molecule has 0 radical (unpaired) electrons. The van der Waals surface area contributed by atoms with Gasteiger partial charge in [0.1, 0.15) is 29.5 Å². The second-order valence-electron chi connectivity index (χ2n) is 7.84. The summed E-state index contributed by atoms with van der Waals surface area (Å²) in [6.45, 7) is 4.49. The molecule has 1 aliphatic carbocycles. The number of halogens is 3. The molecule has 33 heavy (non-hydrogen) atoms. The molecule has 0 saturated heterocycles. The van der Waals surface area contributed by atoms with Crippen molar-refractivity contribution in [1.29, 1.82) is 0 Å². The Kier molecular flexibility index (Phi) is 6.50. The first-order valence-electron chi connectivity index (χ1n) is 10.5. The first-order valence-corrected chi connectivity index (χ1v) is 10.5. The van der Waals surface area contributed by atoms with Crippen molar-refractivity contribution in [3.8, 4) is 22.6 Å². The lowest BCUT2D eigenvalue weighted by Crippen LogP contribution is -2.47. The van der Waals surface area contributed by atoms with Crippen LogP contribution in [0.5, 0.6) is 11.5 Å². The zero-order valence-corrected chi connectivity index (χ0v) is 17.8. The number of hydrogen-bond acceptors (Lipinski definition) is 6. The molecule has 0 aliphatic heterocycles. The van der Waals surface area contributed by atoms with Gasteiger partial charge in [-0.2, -0.15) is 13.2 Å². The summed E-state index contributed by atoms with van der Waals surface area (Å²) in [5, 5.41) is 6.82. The van der Waals surface area contributed by atoms with Crippen LogP contribution in [0.3, 0.4) is 0 Å². The molecule has 1 heterocycles. The molecule has 0 amide bonds. The summed E-state index contributed by atoms with van der Waals surface area (Å²) in [7, 11) is 0. The Labute approximate surface area is 189 Å². The van der Waals surface area contributed by atoms with Crippen molar-refractivity contribution in [2.45, 2.75) is 31.1 Å². The van der Waals surface area contributed by atoms with Crippen LogP contribution < -0.4 is 21.1 Å². The Bertz CT molecular complexity index is 1110. The molecular weight excluding hydrogens is 431 g/mol. The molecule has 4 rings (SSSR count). The van der Waals surface area contributed by atoms with Crippen LogP contribution >= 0.6 is 0 Å². The summed E-state index contributed by atoms with van der Waals surface area (Å²) in [6.07, 6.45) is 0.740. The van der Waals surface area contributed by atoms with E-state index in [0.717, 1.165) is 37.1 Å². The molecule has 6 nitrogen and oxygen atoms in total. The molecule has 0 atom stereocenters. The van der Waals surface area contributed by atoms with E-state index in [2.05, 4.69) is 27.2 Å². The van der Waals surface area contributed by atoms with Gasteiger partial charge in [0.2, 0.25) is 0 Å². The predicted molar refractivity (Wildman–Crippen MR) is 122 cm³/mol. The Balaban J connectivity index is 1.47. The summed E-state index contributed by atoms with van der Waals surface area (Å²) >= 11 is 0. The molecule has 1 aliphatic rings. The first-order chi connectivity index (χ1) is 15.8. The Hall–Kier alpha value is -3.59. The first kappa shape index (κ1) is 22.6. The summed E-state index contributed by atoms with van der Waals surface area (Å²) in [4.78, 5) is 8.48. The van der Waals surface area contributed by atoms with E-state index < -0.39 is 11.7 Å². The van der Waals surface area contributed by atoms with Crippen molar-refractivity contribution < 1.29 is 17.9 Å². The SMILES string of the molecule is C=CCN[C@H]1C[C@H](Nc2ncnc(N)c2-c2ccc(Oc3cccc(C(F)(F)F)c3)cc2)C1. The monoisotopic (exact) mass is 455 g/mol. The minimum atomic E-state index is -4.43. The largest absolute Gasteiger partial charge is 0.457 e. The number of nitrogens with one attached hydrogen (secondary N) is 2. The molecule has 1 fully saturated rings. The lowest BCUT2D eigenvalue weighted by molar-refractivity contribution is -0.137. The van der Waals surface area contributed by atoms with Crippen LogP contribution in [-0.4, -0.2) is 28.6 Å². The number of anilines is 2. The topological polar surface area (TPSA) is 85.1 Å². The van der Waals surface area contributed by atoms with Crippen LogP contribution in [0.1, 0.15) is 18.4 Å². The summed E-state index contributed by atoms with van der Waals surface area (Å²) in [5.74, 6) is 1.48. The molecule has 172 valence electrons. The quantitative estimate of drug-likeness (QED) is 0.402. The number of ether oxygens (including phenoxy) is 1. The molecule has 0 spiro atoms. The number of nitrogens with zero attached hydrogens (tertiary/aromatic N) is 2. The van der Waals surface area contributed by atoms with Gasteiger partial charge >= 0.3 is 6.18 Å². The number of alkyl halides is 3. The minimum Gasteiger partial charge on any atom is -0.457 e. The smallest absolute Gasteiger partial charge is 0.416 e. The highest BCUT2D eigenvalue weighted by Crippen LogP contribution is 2.36. The molecular formula is C24H24F3N5O. The van der Waals surface area contributed by atoms with Crippen molar-refractivity contribution >= 4 is 11.6 Å². The Morgan fingerprint density at radius 2 is 1.82 bits per heavy atom. The van der Waals surface area contributed by atoms with Gasteiger partial charge in [0.25, 0.3) is 0 Å². The van der Waals surface area contributed by atoms with E-state index in [1.54, 1.807) is 24.3 Å². The van der Waals surface area contributed by atoms with Gasteiger partial charge in [-0.3, -0.25) is 0 Å². The standard InChI is InChI=1S/C24H24F3N5O/c1-2-10-29-17-12-18(13-17)32-23-21(22(28)30-14-31-23)15-6-8-19(9-7-15)33-20-5-3-4-16(11-20)24(25,26)27/h2-9,11,14,17-18,29H,1,10,12-13H2,(H3,28,30,31,32)/t17-,18-. The van der Waals surface area contributed by atoms with E-state index in [4.69, 9.17) is 10.5 Å².